The minimum absolute atomic E-state index is 0.0952. The summed E-state index contributed by atoms with van der Waals surface area (Å²) in [6, 6.07) is 4.46. The maximum Gasteiger partial charge on any atom is 0.326 e. The number of methoxy groups -OCH3 is 1. The highest BCUT2D eigenvalue weighted by atomic mass is 79.9. The SMILES string of the molecule is CC[C@H](C)[C@H](NC(=O)Cc1cc(OC)ccc1Br)C(=O)O. The molecule has 0 aromatic heterocycles. The number of benzene rings is 1. The highest BCUT2D eigenvalue weighted by molar-refractivity contribution is 9.10. The van der Waals surface area contributed by atoms with E-state index in [-0.39, 0.29) is 18.2 Å². The van der Waals surface area contributed by atoms with Gasteiger partial charge in [-0.15, -0.1) is 0 Å². The van der Waals surface area contributed by atoms with Gasteiger partial charge in [0.15, 0.2) is 0 Å². The number of hydrogen-bond donors (Lipinski definition) is 2. The quantitative estimate of drug-likeness (QED) is 0.786. The van der Waals surface area contributed by atoms with Crippen LogP contribution in [-0.2, 0) is 16.0 Å². The molecule has 6 heteroatoms. The number of aliphatic carboxylic acids is 1. The first-order valence-corrected chi connectivity index (χ1v) is 7.52. The molecular formula is C15H20BrNO4. The lowest BCUT2D eigenvalue weighted by Gasteiger charge is -2.20. The molecule has 21 heavy (non-hydrogen) atoms. The van der Waals surface area contributed by atoms with Gasteiger partial charge in [0, 0.05) is 4.47 Å². The van der Waals surface area contributed by atoms with E-state index in [0.29, 0.717) is 12.2 Å². The van der Waals surface area contributed by atoms with E-state index in [1.54, 1.807) is 32.2 Å². The van der Waals surface area contributed by atoms with Crippen molar-refractivity contribution in [2.45, 2.75) is 32.7 Å². The van der Waals surface area contributed by atoms with E-state index >= 15 is 0 Å². The number of ether oxygens (including phenoxy) is 1. The van der Waals surface area contributed by atoms with E-state index in [1.165, 1.54) is 0 Å². The van der Waals surface area contributed by atoms with Gasteiger partial charge in [-0.25, -0.2) is 4.79 Å². The Morgan fingerprint density at radius 2 is 2.10 bits per heavy atom. The van der Waals surface area contributed by atoms with Crippen LogP contribution in [0.1, 0.15) is 25.8 Å². The smallest absolute Gasteiger partial charge is 0.326 e. The zero-order chi connectivity index (χ0) is 16.0. The summed E-state index contributed by atoms with van der Waals surface area (Å²) in [4.78, 5) is 23.3. The van der Waals surface area contributed by atoms with Crippen LogP contribution in [-0.4, -0.2) is 30.1 Å². The Kier molecular flexibility index (Phi) is 6.68. The van der Waals surface area contributed by atoms with Crippen molar-refractivity contribution in [3.63, 3.8) is 0 Å². The molecular weight excluding hydrogens is 338 g/mol. The maximum atomic E-state index is 12.1. The van der Waals surface area contributed by atoms with Crippen LogP contribution in [0.3, 0.4) is 0 Å². The summed E-state index contributed by atoms with van der Waals surface area (Å²) in [7, 11) is 1.55. The number of carbonyl (C=O) groups excluding carboxylic acids is 1. The van der Waals surface area contributed by atoms with Crippen molar-refractivity contribution < 1.29 is 19.4 Å². The standard InChI is InChI=1S/C15H20BrNO4/c1-4-9(2)14(15(19)20)17-13(18)8-10-7-11(21-3)5-6-12(10)16/h5-7,9,14H,4,8H2,1-3H3,(H,17,18)(H,19,20)/t9-,14-/m0/s1. The molecule has 1 rings (SSSR count). The molecule has 2 atom stereocenters. The van der Waals surface area contributed by atoms with E-state index < -0.39 is 12.0 Å². The molecule has 1 amide bonds. The van der Waals surface area contributed by atoms with Crippen LogP contribution in [0.15, 0.2) is 22.7 Å². The second-order valence-corrected chi connectivity index (χ2v) is 5.76. The van der Waals surface area contributed by atoms with E-state index in [4.69, 9.17) is 4.74 Å². The predicted molar refractivity (Wildman–Crippen MR) is 83.4 cm³/mol. The molecule has 0 radical (unpaired) electrons. The minimum atomic E-state index is -1.01. The Morgan fingerprint density at radius 3 is 2.62 bits per heavy atom. The number of nitrogens with one attached hydrogen (secondary N) is 1. The fourth-order valence-electron chi connectivity index (χ4n) is 1.89. The zero-order valence-electron chi connectivity index (χ0n) is 12.4. The fraction of sp³-hybridized carbons (Fsp3) is 0.467. The molecule has 0 aliphatic carbocycles. The Labute approximate surface area is 132 Å². The molecule has 0 unspecified atom stereocenters. The Hall–Kier alpha value is -1.56. The summed E-state index contributed by atoms with van der Waals surface area (Å²) < 4.78 is 5.91. The molecule has 0 spiro atoms. The normalized spacial score (nSPS) is 13.3. The van der Waals surface area contributed by atoms with Crippen LogP contribution in [0.4, 0.5) is 0 Å². The Morgan fingerprint density at radius 1 is 1.43 bits per heavy atom. The molecule has 0 saturated carbocycles. The summed E-state index contributed by atoms with van der Waals surface area (Å²) in [5.41, 5.74) is 0.750. The van der Waals surface area contributed by atoms with E-state index in [0.717, 1.165) is 10.0 Å². The van der Waals surface area contributed by atoms with Crippen molar-refractivity contribution >= 4 is 27.8 Å². The summed E-state index contributed by atoms with van der Waals surface area (Å²) in [5, 5.41) is 11.8. The summed E-state index contributed by atoms with van der Waals surface area (Å²) in [6.07, 6.45) is 0.776. The van der Waals surface area contributed by atoms with Crippen LogP contribution >= 0.6 is 15.9 Å². The number of rotatable bonds is 7. The number of amides is 1. The number of carboxylic acid groups (broad SMARTS) is 1. The first-order chi connectivity index (χ1) is 9.88. The van der Waals surface area contributed by atoms with Crippen LogP contribution in [0.2, 0.25) is 0 Å². The number of carboxylic acids is 1. The van der Waals surface area contributed by atoms with E-state index in [1.807, 2.05) is 6.92 Å². The van der Waals surface area contributed by atoms with Gasteiger partial charge < -0.3 is 15.2 Å². The molecule has 0 aliphatic heterocycles. The topological polar surface area (TPSA) is 75.6 Å². The highest BCUT2D eigenvalue weighted by Crippen LogP contribution is 2.23. The Bertz CT molecular complexity index is 518. The van der Waals surface area contributed by atoms with Gasteiger partial charge in [0.2, 0.25) is 5.91 Å². The van der Waals surface area contributed by atoms with Gasteiger partial charge in [0.05, 0.1) is 13.5 Å². The molecule has 5 nitrogen and oxygen atoms in total. The largest absolute Gasteiger partial charge is 0.497 e. The molecule has 1 aromatic rings. The van der Waals surface area contributed by atoms with Gasteiger partial charge >= 0.3 is 5.97 Å². The lowest BCUT2D eigenvalue weighted by Crippen LogP contribution is -2.45. The third-order valence-electron chi connectivity index (χ3n) is 3.40. The van der Waals surface area contributed by atoms with Crippen molar-refractivity contribution in [3.8, 4) is 5.75 Å². The van der Waals surface area contributed by atoms with Gasteiger partial charge in [0.25, 0.3) is 0 Å². The maximum absolute atomic E-state index is 12.1. The third kappa shape index (κ3) is 5.04. The van der Waals surface area contributed by atoms with Crippen LogP contribution < -0.4 is 10.1 Å². The number of carbonyl (C=O) groups is 2. The first kappa shape index (κ1) is 17.5. The molecule has 0 saturated heterocycles. The van der Waals surface area contributed by atoms with Crippen molar-refractivity contribution in [1.82, 2.24) is 5.32 Å². The van der Waals surface area contributed by atoms with Gasteiger partial charge in [0.1, 0.15) is 11.8 Å². The van der Waals surface area contributed by atoms with E-state index in [2.05, 4.69) is 21.2 Å². The monoisotopic (exact) mass is 357 g/mol. The molecule has 0 heterocycles. The summed E-state index contributed by atoms with van der Waals surface area (Å²) in [6.45, 7) is 3.70. The van der Waals surface area contributed by atoms with Crippen molar-refractivity contribution in [1.29, 1.82) is 0 Å². The average molecular weight is 358 g/mol. The van der Waals surface area contributed by atoms with Crippen molar-refractivity contribution in [3.05, 3.63) is 28.2 Å². The highest BCUT2D eigenvalue weighted by Gasteiger charge is 2.25. The van der Waals surface area contributed by atoms with Gasteiger partial charge in [-0.05, 0) is 29.7 Å². The summed E-state index contributed by atoms with van der Waals surface area (Å²) >= 11 is 3.37. The lowest BCUT2D eigenvalue weighted by molar-refractivity contribution is -0.143. The predicted octanol–water partition coefficient (Wildman–Crippen LogP) is 2.62. The molecule has 2 N–H and O–H groups in total. The van der Waals surface area contributed by atoms with Crippen molar-refractivity contribution in [2.75, 3.05) is 7.11 Å². The van der Waals surface area contributed by atoms with Gasteiger partial charge in [-0.3, -0.25) is 4.79 Å². The molecule has 1 aromatic carbocycles. The van der Waals surface area contributed by atoms with Gasteiger partial charge in [-0.1, -0.05) is 36.2 Å². The molecule has 0 aliphatic rings. The van der Waals surface area contributed by atoms with Gasteiger partial charge in [-0.2, -0.15) is 0 Å². The molecule has 0 bridgehead atoms. The average Bonchev–Trinajstić information content (AvgIpc) is 2.46. The number of hydrogen-bond acceptors (Lipinski definition) is 3. The molecule has 116 valence electrons. The number of halogens is 1. The lowest BCUT2D eigenvalue weighted by atomic mass is 9.99. The van der Waals surface area contributed by atoms with Crippen LogP contribution in [0, 0.1) is 5.92 Å². The first-order valence-electron chi connectivity index (χ1n) is 6.73. The Balaban J connectivity index is 2.79. The van der Waals surface area contributed by atoms with Crippen LogP contribution in [0.5, 0.6) is 5.75 Å². The van der Waals surface area contributed by atoms with Crippen LogP contribution in [0.25, 0.3) is 0 Å². The molecule has 0 fully saturated rings. The summed E-state index contributed by atoms with van der Waals surface area (Å²) in [5.74, 6) is -0.808. The second-order valence-electron chi connectivity index (χ2n) is 4.90. The zero-order valence-corrected chi connectivity index (χ0v) is 13.9. The third-order valence-corrected chi connectivity index (χ3v) is 4.17. The van der Waals surface area contributed by atoms with E-state index in [9.17, 15) is 14.7 Å². The minimum Gasteiger partial charge on any atom is -0.497 e. The van der Waals surface area contributed by atoms with Crippen molar-refractivity contribution in [2.24, 2.45) is 5.92 Å². The fourth-order valence-corrected chi connectivity index (χ4v) is 2.28. The second kappa shape index (κ2) is 8.02.